The number of imidazole rings is 1. The molecular formula is C28H44N5O21P. The van der Waals surface area contributed by atoms with Gasteiger partial charge >= 0.3 is 7.82 Å². The van der Waals surface area contributed by atoms with Crippen LogP contribution in [0.2, 0.25) is 0 Å². The van der Waals surface area contributed by atoms with E-state index in [1.54, 1.807) is 0 Å². The Morgan fingerprint density at radius 3 is 2.04 bits per heavy atom. The van der Waals surface area contributed by atoms with Gasteiger partial charge in [0.1, 0.15) is 97.9 Å². The first kappa shape index (κ1) is 42.4. The highest BCUT2D eigenvalue weighted by Crippen LogP contribution is 2.45. The first-order valence-corrected chi connectivity index (χ1v) is 18.3. The monoisotopic (exact) mass is 817 g/mol. The SMILES string of the molecule is Nc1ncnc2c1ncn2[C@H]1CC(O)[C@@H](COP(=O)(O)OC[C@H]2OC(OC[C@@H]3OC(O[C@@]4(CO)O[C@@H](CO)[C@H](O)[C@H]4O)[C@@H](O)[C@H](O)[C@H]3O)[C@H](O)[C@@H](O)[C@H]2O)O1. The molecule has 0 aromatic carbocycles. The van der Waals surface area contributed by atoms with Crippen molar-refractivity contribution in [1.82, 2.24) is 19.5 Å². The molecule has 312 valence electrons. The van der Waals surface area contributed by atoms with Crippen molar-refractivity contribution in [2.24, 2.45) is 0 Å². The summed E-state index contributed by atoms with van der Waals surface area (Å²) in [7, 11) is -4.96. The molecule has 4 fully saturated rings. The van der Waals surface area contributed by atoms with Gasteiger partial charge in [0.15, 0.2) is 24.0 Å². The second kappa shape index (κ2) is 16.9. The number of ether oxygens (including phenoxy) is 6. The van der Waals surface area contributed by atoms with Gasteiger partial charge in [0.25, 0.3) is 0 Å². The summed E-state index contributed by atoms with van der Waals surface area (Å²) in [6, 6.07) is 0. The summed E-state index contributed by atoms with van der Waals surface area (Å²) in [5, 5.41) is 113. The molecule has 55 heavy (non-hydrogen) atoms. The summed E-state index contributed by atoms with van der Waals surface area (Å²) in [4.78, 5) is 22.4. The van der Waals surface area contributed by atoms with E-state index in [1.807, 2.05) is 0 Å². The average Bonchev–Trinajstić information content (AvgIpc) is 3.83. The summed E-state index contributed by atoms with van der Waals surface area (Å²) in [5.41, 5.74) is 6.44. The molecule has 4 aliphatic rings. The molecule has 0 radical (unpaired) electrons. The minimum Gasteiger partial charge on any atom is -0.394 e. The van der Waals surface area contributed by atoms with Crippen molar-refractivity contribution in [2.75, 3.05) is 38.8 Å². The third-order valence-corrected chi connectivity index (χ3v) is 10.6. The molecule has 0 saturated carbocycles. The first-order chi connectivity index (χ1) is 26.0. The Morgan fingerprint density at radius 2 is 1.40 bits per heavy atom. The summed E-state index contributed by atoms with van der Waals surface area (Å²) in [6.45, 7) is -4.28. The number of fused-ring (bicyclic) bond motifs is 1. The van der Waals surface area contributed by atoms with Gasteiger partial charge in [-0.2, -0.15) is 0 Å². The number of anilines is 1. The van der Waals surface area contributed by atoms with Crippen molar-refractivity contribution < 1.29 is 103 Å². The molecule has 0 aliphatic carbocycles. The van der Waals surface area contributed by atoms with Crippen LogP contribution in [-0.4, -0.2) is 211 Å². The van der Waals surface area contributed by atoms with Crippen LogP contribution in [0.25, 0.3) is 11.2 Å². The number of rotatable bonds is 14. The number of aromatic nitrogens is 4. The summed E-state index contributed by atoms with van der Waals surface area (Å²) < 4.78 is 57.1. The molecule has 6 rings (SSSR count). The second-order valence-electron chi connectivity index (χ2n) is 13.3. The molecule has 0 spiro atoms. The lowest BCUT2D eigenvalue weighted by atomic mass is 9.98. The first-order valence-electron chi connectivity index (χ1n) is 16.8. The van der Waals surface area contributed by atoms with Crippen LogP contribution in [-0.2, 0) is 42.0 Å². The van der Waals surface area contributed by atoms with Crippen molar-refractivity contribution in [2.45, 2.75) is 110 Å². The van der Waals surface area contributed by atoms with Crippen molar-refractivity contribution >= 4 is 24.8 Å². The quantitative estimate of drug-likeness (QED) is 0.0788. The van der Waals surface area contributed by atoms with E-state index in [0.29, 0.717) is 11.2 Å². The highest BCUT2D eigenvalue weighted by Gasteiger charge is 2.58. The lowest BCUT2D eigenvalue weighted by Gasteiger charge is -2.44. The standard InChI is InChI=1S/C28H44N5O21P/c29-24-15-25(31-7-30-24)33(8-32-15)14-1-9(36)11(50-14)4-48-55(45,46)49-5-13-17(38)19(40)21(42)26(51-13)47-3-12-16(37)20(41)22(43)27(52-12)54-28(6-35)23(44)18(39)10(2-34)53-28/h7-14,16-23,26-27,34-44H,1-6H2,(H,45,46)(H2,29,30,31)/t9?,10-,11+,12-,13+,14+,16-,17-,18-,19-,20+,21+,22-,23+,26?,27?,28+/m0/s1. The predicted octanol–water partition coefficient (Wildman–Crippen LogP) is -7.36. The number of hydrogen-bond acceptors (Lipinski definition) is 24. The molecule has 27 heteroatoms. The zero-order chi connectivity index (χ0) is 40.0. The summed E-state index contributed by atoms with van der Waals surface area (Å²) in [6.07, 6.45) is -24.5. The van der Waals surface area contributed by atoms with Crippen LogP contribution < -0.4 is 5.73 Å². The Balaban J connectivity index is 1.02. The zero-order valence-electron chi connectivity index (χ0n) is 28.5. The molecule has 4 aliphatic heterocycles. The van der Waals surface area contributed by atoms with E-state index < -0.39 is 145 Å². The maximum atomic E-state index is 12.8. The number of nitrogens with zero attached hydrogens (tertiary/aromatic N) is 4. The van der Waals surface area contributed by atoms with Gasteiger partial charge in [-0.05, 0) is 0 Å². The number of phosphoric ester groups is 1. The number of hydrogen-bond donors (Lipinski definition) is 13. The largest absolute Gasteiger partial charge is 0.472 e. The number of nitrogen functional groups attached to an aromatic ring is 1. The highest BCUT2D eigenvalue weighted by atomic mass is 31.2. The van der Waals surface area contributed by atoms with E-state index in [-0.39, 0.29) is 12.2 Å². The van der Waals surface area contributed by atoms with Crippen molar-refractivity contribution in [3.63, 3.8) is 0 Å². The summed E-state index contributed by atoms with van der Waals surface area (Å²) >= 11 is 0. The van der Waals surface area contributed by atoms with Crippen LogP contribution in [0.1, 0.15) is 12.6 Å². The van der Waals surface area contributed by atoms with Crippen molar-refractivity contribution in [1.29, 1.82) is 0 Å². The van der Waals surface area contributed by atoms with Gasteiger partial charge in [-0.3, -0.25) is 13.6 Å². The van der Waals surface area contributed by atoms with Crippen LogP contribution >= 0.6 is 7.82 Å². The maximum absolute atomic E-state index is 12.8. The van der Waals surface area contributed by atoms with Gasteiger partial charge in [-0.1, -0.05) is 0 Å². The zero-order valence-corrected chi connectivity index (χ0v) is 29.4. The lowest BCUT2D eigenvalue weighted by Crippen LogP contribution is -2.63. The van der Waals surface area contributed by atoms with Gasteiger partial charge in [0, 0.05) is 6.42 Å². The molecule has 14 N–H and O–H groups in total. The van der Waals surface area contributed by atoms with E-state index in [0.717, 1.165) is 0 Å². The van der Waals surface area contributed by atoms with Gasteiger partial charge in [-0.25, -0.2) is 19.5 Å². The third-order valence-electron chi connectivity index (χ3n) is 9.69. The summed E-state index contributed by atoms with van der Waals surface area (Å²) in [5.74, 6) is -2.33. The molecular weight excluding hydrogens is 773 g/mol. The lowest BCUT2D eigenvalue weighted by molar-refractivity contribution is -0.388. The van der Waals surface area contributed by atoms with Crippen molar-refractivity contribution in [3.8, 4) is 0 Å². The van der Waals surface area contributed by atoms with Crippen LogP contribution in [0, 0.1) is 0 Å². The molecule has 2 aromatic heterocycles. The third kappa shape index (κ3) is 8.51. The Labute approximate surface area is 309 Å². The molecule has 18 atom stereocenters. The average molecular weight is 818 g/mol. The fourth-order valence-electron chi connectivity index (χ4n) is 6.49. The van der Waals surface area contributed by atoms with Crippen LogP contribution in [0.15, 0.2) is 12.7 Å². The van der Waals surface area contributed by atoms with E-state index >= 15 is 0 Å². The van der Waals surface area contributed by atoms with Gasteiger partial charge in [-0.15, -0.1) is 0 Å². The molecule has 4 unspecified atom stereocenters. The van der Waals surface area contributed by atoms with Gasteiger partial charge in [0.05, 0.1) is 38.9 Å². The van der Waals surface area contributed by atoms with Crippen LogP contribution in [0.5, 0.6) is 0 Å². The normalized spacial score (nSPS) is 43.6. The van der Waals surface area contributed by atoms with E-state index in [2.05, 4.69) is 15.0 Å². The van der Waals surface area contributed by atoms with Crippen LogP contribution in [0.3, 0.4) is 0 Å². The Bertz CT molecular complexity index is 1650. The predicted molar refractivity (Wildman–Crippen MR) is 170 cm³/mol. The Kier molecular flexibility index (Phi) is 13.1. The molecule has 4 saturated heterocycles. The van der Waals surface area contributed by atoms with Gasteiger partial charge < -0.3 is 95.2 Å². The number of aliphatic hydroxyl groups excluding tert-OH is 11. The molecule has 6 heterocycles. The minimum absolute atomic E-state index is 0.0238. The fourth-order valence-corrected chi connectivity index (χ4v) is 7.23. The van der Waals surface area contributed by atoms with E-state index in [4.69, 9.17) is 43.2 Å². The fraction of sp³-hybridized carbons (Fsp3) is 0.821. The van der Waals surface area contributed by atoms with Crippen LogP contribution in [0.4, 0.5) is 5.82 Å². The number of nitrogens with two attached hydrogens (primary N) is 1. The topological polar surface area (TPSA) is 403 Å². The van der Waals surface area contributed by atoms with E-state index in [1.165, 1.54) is 17.2 Å². The van der Waals surface area contributed by atoms with E-state index in [9.17, 15) is 65.6 Å². The molecule has 0 bridgehead atoms. The molecule has 26 nitrogen and oxygen atoms in total. The molecule has 2 aromatic rings. The molecule has 0 amide bonds. The van der Waals surface area contributed by atoms with Crippen molar-refractivity contribution in [3.05, 3.63) is 12.7 Å². The minimum atomic E-state index is -4.96. The number of aliphatic hydroxyl groups is 11. The Hall–Kier alpha value is -2.22. The second-order valence-corrected chi connectivity index (χ2v) is 14.8. The highest BCUT2D eigenvalue weighted by molar-refractivity contribution is 7.47. The van der Waals surface area contributed by atoms with Gasteiger partial charge in [0.2, 0.25) is 5.79 Å². The maximum Gasteiger partial charge on any atom is 0.472 e. The smallest absolute Gasteiger partial charge is 0.394 e. The Morgan fingerprint density at radius 1 is 0.782 bits per heavy atom. The number of phosphoric acid groups is 1.